The van der Waals surface area contributed by atoms with Crippen LogP contribution in [0, 0.1) is 6.92 Å². The van der Waals surface area contributed by atoms with Crippen LogP contribution in [0.15, 0.2) is 24.3 Å². The highest BCUT2D eigenvalue weighted by Gasteiger charge is 2.31. The first-order valence-corrected chi connectivity index (χ1v) is 12.9. The van der Waals surface area contributed by atoms with Crippen molar-refractivity contribution in [1.29, 1.82) is 0 Å². The third-order valence-electron chi connectivity index (χ3n) is 6.64. The second-order valence-corrected chi connectivity index (χ2v) is 9.49. The van der Waals surface area contributed by atoms with E-state index in [9.17, 15) is 18.0 Å². The average Bonchev–Trinajstić information content (AvgIpc) is 2.90. The number of hydroxylamine groups is 2. The maximum atomic E-state index is 13.4. The van der Waals surface area contributed by atoms with Crippen molar-refractivity contribution in [2.24, 2.45) is 0 Å². The molecule has 0 radical (unpaired) electrons. The van der Waals surface area contributed by atoms with Crippen molar-refractivity contribution in [1.82, 2.24) is 15.0 Å². The minimum absolute atomic E-state index is 0.0199. The van der Waals surface area contributed by atoms with Crippen molar-refractivity contribution < 1.29 is 32.3 Å². The van der Waals surface area contributed by atoms with Crippen molar-refractivity contribution in [3.05, 3.63) is 46.8 Å². The molecule has 1 atom stereocenters. The fourth-order valence-electron chi connectivity index (χ4n) is 4.51. The van der Waals surface area contributed by atoms with Crippen LogP contribution in [-0.2, 0) is 22.2 Å². The highest BCUT2D eigenvalue weighted by Crippen LogP contribution is 2.41. The molecule has 2 aromatic carbocycles. The van der Waals surface area contributed by atoms with E-state index in [0.717, 1.165) is 30.5 Å². The number of methoxy groups -OCH3 is 2. The highest BCUT2D eigenvalue weighted by atomic mass is 19.4. The van der Waals surface area contributed by atoms with Gasteiger partial charge in [0.1, 0.15) is 11.6 Å². The number of nitrogens with two attached hydrogens (primary N) is 1. The normalized spacial score (nSPS) is 12.3. The van der Waals surface area contributed by atoms with Crippen molar-refractivity contribution in [2.75, 3.05) is 39.4 Å². The van der Waals surface area contributed by atoms with E-state index in [-0.39, 0.29) is 11.6 Å². The van der Waals surface area contributed by atoms with Crippen LogP contribution in [0.3, 0.4) is 0 Å². The van der Waals surface area contributed by atoms with Crippen LogP contribution in [0.2, 0.25) is 0 Å². The number of fused-ring (bicyclic) bond motifs is 1. The number of anilines is 2. The van der Waals surface area contributed by atoms with Gasteiger partial charge in [-0.2, -0.15) is 13.2 Å². The van der Waals surface area contributed by atoms with Gasteiger partial charge in [0, 0.05) is 30.1 Å². The number of aryl methyl sites for hydroxylation is 2. The molecule has 40 heavy (non-hydrogen) atoms. The van der Waals surface area contributed by atoms with Gasteiger partial charge in [0.25, 0.3) is 0 Å². The molecule has 9 nitrogen and oxygen atoms in total. The number of amides is 1. The number of halogens is 3. The van der Waals surface area contributed by atoms with Gasteiger partial charge in [0.2, 0.25) is 5.91 Å². The standard InChI is InChI=1S/C28H36F3N5O4/c1-16(18-12-19(28(29,30)31)14-20(32)13-18)33-27-22-15-23(38-4)26(39-5)21(25(22)34-17(2)35-27)10-8-7-9-11-24(37)36(3)40-6/h12-16H,7-11,32H2,1-6H3,(H,33,34,35). The molecule has 3 aromatic rings. The number of nitrogen functional groups attached to an aromatic ring is 1. The third-order valence-corrected chi connectivity index (χ3v) is 6.64. The van der Waals surface area contributed by atoms with E-state index in [1.54, 1.807) is 34.1 Å². The highest BCUT2D eigenvalue weighted by molar-refractivity contribution is 5.94. The Labute approximate surface area is 231 Å². The Morgan fingerprint density at radius 1 is 1.07 bits per heavy atom. The molecular formula is C28H36F3N5O4. The summed E-state index contributed by atoms with van der Waals surface area (Å²) in [5.41, 5.74) is 6.83. The molecule has 0 bridgehead atoms. The summed E-state index contributed by atoms with van der Waals surface area (Å²) in [6.45, 7) is 3.48. The molecule has 0 aliphatic heterocycles. The van der Waals surface area contributed by atoms with Gasteiger partial charge in [0.05, 0.1) is 38.5 Å². The zero-order valence-electron chi connectivity index (χ0n) is 23.6. The Balaban J connectivity index is 1.95. The van der Waals surface area contributed by atoms with E-state index >= 15 is 0 Å². The van der Waals surface area contributed by atoms with E-state index in [1.807, 2.05) is 0 Å². The van der Waals surface area contributed by atoms with Gasteiger partial charge in [-0.1, -0.05) is 6.42 Å². The first-order chi connectivity index (χ1) is 18.9. The quantitative estimate of drug-likeness (QED) is 0.160. The minimum Gasteiger partial charge on any atom is -0.493 e. The Kier molecular flexibility index (Phi) is 10.0. The van der Waals surface area contributed by atoms with Crippen LogP contribution in [0.4, 0.5) is 24.7 Å². The summed E-state index contributed by atoms with van der Waals surface area (Å²) in [6.07, 6.45) is -1.32. The average molecular weight is 564 g/mol. The maximum Gasteiger partial charge on any atom is 0.416 e. The molecule has 12 heteroatoms. The van der Waals surface area contributed by atoms with Crippen LogP contribution in [0.25, 0.3) is 10.9 Å². The number of unbranched alkanes of at least 4 members (excludes halogenated alkanes) is 2. The number of alkyl halides is 3. The molecule has 0 aliphatic carbocycles. The summed E-state index contributed by atoms with van der Waals surface area (Å²) in [4.78, 5) is 26.2. The second-order valence-electron chi connectivity index (χ2n) is 9.49. The lowest BCUT2D eigenvalue weighted by molar-refractivity contribution is -0.168. The molecule has 0 fully saturated rings. The van der Waals surface area contributed by atoms with E-state index in [0.29, 0.717) is 58.9 Å². The molecule has 1 amide bonds. The Morgan fingerprint density at radius 2 is 1.80 bits per heavy atom. The molecular weight excluding hydrogens is 527 g/mol. The van der Waals surface area contributed by atoms with E-state index in [4.69, 9.17) is 20.0 Å². The molecule has 1 heterocycles. The van der Waals surface area contributed by atoms with Gasteiger partial charge in [-0.05, 0) is 62.9 Å². The zero-order valence-corrected chi connectivity index (χ0v) is 23.6. The fraction of sp³-hybridized carbons (Fsp3) is 0.464. The van der Waals surface area contributed by atoms with E-state index < -0.39 is 17.8 Å². The van der Waals surface area contributed by atoms with Crippen molar-refractivity contribution in [3.8, 4) is 11.5 Å². The predicted octanol–water partition coefficient (Wildman–Crippen LogP) is 5.85. The van der Waals surface area contributed by atoms with Gasteiger partial charge < -0.3 is 20.5 Å². The number of hydrogen-bond acceptors (Lipinski definition) is 8. The monoisotopic (exact) mass is 563 g/mol. The third kappa shape index (κ3) is 7.23. The molecule has 218 valence electrons. The number of nitrogens with one attached hydrogen (secondary N) is 1. The first kappa shape index (κ1) is 30.7. The van der Waals surface area contributed by atoms with Crippen molar-refractivity contribution in [3.63, 3.8) is 0 Å². The van der Waals surface area contributed by atoms with Crippen molar-refractivity contribution >= 4 is 28.3 Å². The second kappa shape index (κ2) is 13.0. The van der Waals surface area contributed by atoms with Crippen LogP contribution in [0.5, 0.6) is 11.5 Å². The summed E-state index contributed by atoms with van der Waals surface area (Å²) >= 11 is 0. The van der Waals surface area contributed by atoms with E-state index in [2.05, 4.69) is 15.3 Å². The molecule has 0 saturated carbocycles. The molecule has 0 spiro atoms. The number of hydrogen-bond donors (Lipinski definition) is 2. The first-order valence-electron chi connectivity index (χ1n) is 12.9. The summed E-state index contributed by atoms with van der Waals surface area (Å²) < 4.78 is 51.5. The van der Waals surface area contributed by atoms with Gasteiger partial charge in [-0.3, -0.25) is 9.63 Å². The number of ether oxygens (including phenoxy) is 2. The lowest BCUT2D eigenvalue weighted by Gasteiger charge is -2.21. The SMILES string of the molecule is COc1cc2c(NC(C)c3cc(N)cc(C(F)(F)F)c3)nc(C)nc2c(CCCCCC(=O)N(C)OC)c1OC. The summed E-state index contributed by atoms with van der Waals surface area (Å²) in [5, 5.41) is 5.10. The van der Waals surface area contributed by atoms with Crippen LogP contribution in [-0.4, -0.2) is 49.3 Å². The Bertz CT molecular complexity index is 1350. The summed E-state index contributed by atoms with van der Waals surface area (Å²) in [7, 11) is 6.11. The molecule has 1 aromatic heterocycles. The Hall–Kier alpha value is -3.80. The number of carbonyl (C=O) groups excluding carboxylic acids is 1. The predicted molar refractivity (Wildman–Crippen MR) is 147 cm³/mol. The van der Waals surface area contributed by atoms with Gasteiger partial charge >= 0.3 is 6.18 Å². The van der Waals surface area contributed by atoms with Crippen LogP contribution < -0.4 is 20.5 Å². The largest absolute Gasteiger partial charge is 0.493 e. The van der Waals surface area contributed by atoms with E-state index in [1.165, 1.54) is 25.3 Å². The minimum atomic E-state index is -4.52. The number of nitrogens with zero attached hydrogens (tertiary/aromatic N) is 3. The molecule has 3 N–H and O–H groups in total. The smallest absolute Gasteiger partial charge is 0.416 e. The topological polar surface area (TPSA) is 112 Å². The van der Waals surface area contributed by atoms with Gasteiger partial charge in [0.15, 0.2) is 11.5 Å². The number of rotatable bonds is 12. The summed E-state index contributed by atoms with van der Waals surface area (Å²) in [6, 6.07) is 4.70. The number of carbonyl (C=O) groups is 1. The number of benzene rings is 2. The maximum absolute atomic E-state index is 13.4. The number of aromatic nitrogens is 2. The molecule has 0 aliphatic rings. The molecule has 3 rings (SSSR count). The lowest BCUT2D eigenvalue weighted by Crippen LogP contribution is -2.24. The zero-order chi connectivity index (χ0) is 29.6. The van der Waals surface area contributed by atoms with Crippen LogP contribution >= 0.6 is 0 Å². The van der Waals surface area contributed by atoms with Gasteiger partial charge in [-0.25, -0.2) is 15.0 Å². The van der Waals surface area contributed by atoms with Crippen LogP contribution in [0.1, 0.15) is 61.2 Å². The Morgan fingerprint density at radius 3 is 2.42 bits per heavy atom. The van der Waals surface area contributed by atoms with Crippen molar-refractivity contribution in [2.45, 2.75) is 58.2 Å². The molecule has 1 unspecified atom stereocenters. The molecule has 0 saturated heterocycles. The summed E-state index contributed by atoms with van der Waals surface area (Å²) in [5.74, 6) is 1.86. The lowest BCUT2D eigenvalue weighted by atomic mass is 10.00. The van der Waals surface area contributed by atoms with Gasteiger partial charge in [-0.15, -0.1) is 0 Å². The fourth-order valence-corrected chi connectivity index (χ4v) is 4.51.